The zero-order valence-corrected chi connectivity index (χ0v) is 18.0. The van der Waals surface area contributed by atoms with Gasteiger partial charge in [0.2, 0.25) is 0 Å². The van der Waals surface area contributed by atoms with E-state index in [-0.39, 0.29) is 5.91 Å². The van der Waals surface area contributed by atoms with Gasteiger partial charge in [-0.2, -0.15) is 0 Å². The normalized spacial score (nSPS) is 21.4. The van der Waals surface area contributed by atoms with Crippen LogP contribution in [0.3, 0.4) is 0 Å². The highest BCUT2D eigenvalue weighted by atomic mass is 35.5. The van der Waals surface area contributed by atoms with Crippen LogP contribution in [0.2, 0.25) is 5.02 Å². The van der Waals surface area contributed by atoms with Crippen LogP contribution >= 0.6 is 11.6 Å². The number of pyridine rings is 1. The molecular weight excluding hydrogens is 384 g/mol. The van der Waals surface area contributed by atoms with Gasteiger partial charge in [0.1, 0.15) is 5.69 Å². The summed E-state index contributed by atoms with van der Waals surface area (Å²) < 4.78 is 0. The second-order valence-corrected chi connectivity index (χ2v) is 8.81. The molecule has 0 bridgehead atoms. The van der Waals surface area contributed by atoms with E-state index >= 15 is 0 Å². The maximum absolute atomic E-state index is 12.8. The van der Waals surface area contributed by atoms with E-state index in [2.05, 4.69) is 21.3 Å². The highest BCUT2D eigenvalue weighted by Gasteiger charge is 2.41. The van der Waals surface area contributed by atoms with Crippen molar-refractivity contribution in [2.24, 2.45) is 11.8 Å². The number of halogens is 1. The summed E-state index contributed by atoms with van der Waals surface area (Å²) in [7, 11) is 0. The van der Waals surface area contributed by atoms with Gasteiger partial charge in [-0.25, -0.2) is 0 Å². The first-order valence-corrected chi connectivity index (χ1v) is 10.8. The SMILES string of the molecule is Cc1ccc(NCCCN2CC3CN(C(=O)c4ncccc4C)CC3C2)cc1Cl. The van der Waals surface area contributed by atoms with Crippen molar-refractivity contribution in [1.82, 2.24) is 14.8 Å². The Balaban J connectivity index is 1.21. The van der Waals surface area contributed by atoms with E-state index in [1.54, 1.807) is 6.20 Å². The van der Waals surface area contributed by atoms with E-state index in [1.807, 2.05) is 43.0 Å². The molecule has 1 N–H and O–H groups in total. The third-order valence-electron chi connectivity index (χ3n) is 6.21. The molecule has 2 aliphatic rings. The van der Waals surface area contributed by atoms with Gasteiger partial charge in [-0.1, -0.05) is 23.7 Å². The number of carbonyl (C=O) groups is 1. The zero-order valence-electron chi connectivity index (χ0n) is 17.2. The topological polar surface area (TPSA) is 48.5 Å². The van der Waals surface area contributed by atoms with Crippen molar-refractivity contribution >= 4 is 23.2 Å². The minimum atomic E-state index is 0.0880. The second kappa shape index (κ2) is 8.72. The first kappa shape index (κ1) is 20.2. The number of nitrogens with one attached hydrogen (secondary N) is 1. The summed E-state index contributed by atoms with van der Waals surface area (Å²) in [5, 5.41) is 4.27. The number of benzene rings is 1. The van der Waals surface area contributed by atoms with Crippen LogP contribution in [0.25, 0.3) is 0 Å². The summed E-state index contributed by atoms with van der Waals surface area (Å²) in [6.45, 7) is 9.89. The third-order valence-corrected chi connectivity index (χ3v) is 6.62. The molecule has 1 aromatic carbocycles. The van der Waals surface area contributed by atoms with Crippen molar-refractivity contribution in [2.45, 2.75) is 20.3 Å². The van der Waals surface area contributed by atoms with Crippen LogP contribution in [0.4, 0.5) is 5.69 Å². The van der Waals surface area contributed by atoms with Crippen molar-refractivity contribution in [3.63, 3.8) is 0 Å². The first-order valence-electron chi connectivity index (χ1n) is 10.4. The van der Waals surface area contributed by atoms with E-state index in [9.17, 15) is 4.79 Å². The Bertz CT molecular complexity index is 873. The van der Waals surface area contributed by atoms with Crippen LogP contribution in [0.15, 0.2) is 36.5 Å². The van der Waals surface area contributed by atoms with Crippen molar-refractivity contribution < 1.29 is 4.79 Å². The molecule has 0 radical (unpaired) electrons. The quantitative estimate of drug-likeness (QED) is 0.732. The number of hydrogen-bond donors (Lipinski definition) is 1. The number of carbonyl (C=O) groups excluding carboxylic acids is 1. The van der Waals surface area contributed by atoms with E-state index in [0.717, 1.165) is 67.5 Å². The average molecular weight is 413 g/mol. The molecule has 6 heteroatoms. The average Bonchev–Trinajstić information content (AvgIpc) is 3.26. The van der Waals surface area contributed by atoms with Crippen LogP contribution in [0.1, 0.15) is 28.0 Å². The minimum absolute atomic E-state index is 0.0880. The molecule has 4 rings (SSSR count). The number of nitrogens with zero attached hydrogens (tertiary/aromatic N) is 3. The highest BCUT2D eigenvalue weighted by molar-refractivity contribution is 6.31. The molecule has 29 heavy (non-hydrogen) atoms. The van der Waals surface area contributed by atoms with Gasteiger partial charge in [-0.15, -0.1) is 0 Å². The smallest absolute Gasteiger partial charge is 0.272 e. The Kier molecular flexibility index (Phi) is 6.07. The molecule has 154 valence electrons. The molecule has 2 fully saturated rings. The fourth-order valence-electron chi connectivity index (χ4n) is 4.54. The summed E-state index contributed by atoms with van der Waals surface area (Å²) in [6.07, 6.45) is 2.80. The largest absolute Gasteiger partial charge is 0.385 e. The summed E-state index contributed by atoms with van der Waals surface area (Å²) >= 11 is 6.19. The number of likely N-dealkylation sites (tertiary alicyclic amines) is 2. The Morgan fingerprint density at radius 3 is 2.59 bits per heavy atom. The molecule has 0 saturated carbocycles. The predicted octanol–water partition coefficient (Wildman–Crippen LogP) is 3.86. The van der Waals surface area contributed by atoms with Crippen LogP contribution in [-0.4, -0.2) is 60.0 Å². The van der Waals surface area contributed by atoms with E-state index in [4.69, 9.17) is 11.6 Å². The lowest BCUT2D eigenvalue weighted by molar-refractivity contribution is 0.0767. The molecular formula is C23H29ClN4O. The second-order valence-electron chi connectivity index (χ2n) is 8.40. The van der Waals surface area contributed by atoms with Crippen molar-refractivity contribution in [3.05, 3.63) is 58.4 Å². The van der Waals surface area contributed by atoms with Gasteiger partial charge in [0, 0.05) is 49.6 Å². The molecule has 3 heterocycles. The summed E-state index contributed by atoms with van der Waals surface area (Å²) in [6, 6.07) is 9.96. The molecule has 2 aliphatic heterocycles. The van der Waals surface area contributed by atoms with Gasteiger partial charge in [0.05, 0.1) is 0 Å². The minimum Gasteiger partial charge on any atom is -0.385 e. The molecule has 1 amide bonds. The molecule has 2 atom stereocenters. The van der Waals surface area contributed by atoms with Gasteiger partial charge in [0.25, 0.3) is 5.91 Å². The number of rotatable bonds is 6. The van der Waals surface area contributed by atoms with Crippen LogP contribution in [-0.2, 0) is 0 Å². The Morgan fingerprint density at radius 1 is 1.14 bits per heavy atom. The van der Waals surface area contributed by atoms with E-state index in [1.165, 1.54) is 0 Å². The number of fused-ring (bicyclic) bond motifs is 1. The van der Waals surface area contributed by atoms with Crippen molar-refractivity contribution in [2.75, 3.05) is 44.6 Å². The van der Waals surface area contributed by atoms with Crippen molar-refractivity contribution in [1.29, 1.82) is 0 Å². The van der Waals surface area contributed by atoms with Gasteiger partial charge < -0.3 is 15.1 Å². The molecule has 2 aromatic rings. The summed E-state index contributed by atoms with van der Waals surface area (Å²) in [4.78, 5) is 21.7. The fourth-order valence-corrected chi connectivity index (χ4v) is 4.72. The maximum atomic E-state index is 12.8. The monoisotopic (exact) mass is 412 g/mol. The Hall–Kier alpha value is -2.11. The van der Waals surface area contributed by atoms with Gasteiger partial charge >= 0.3 is 0 Å². The third kappa shape index (κ3) is 4.57. The maximum Gasteiger partial charge on any atom is 0.272 e. The van der Waals surface area contributed by atoms with Crippen LogP contribution in [0.5, 0.6) is 0 Å². The summed E-state index contributed by atoms with van der Waals surface area (Å²) in [5.41, 5.74) is 3.74. The number of hydrogen-bond acceptors (Lipinski definition) is 4. The van der Waals surface area contributed by atoms with Crippen LogP contribution in [0, 0.1) is 25.7 Å². The Morgan fingerprint density at radius 2 is 1.90 bits per heavy atom. The number of anilines is 1. The van der Waals surface area contributed by atoms with Gasteiger partial charge in [-0.05, 0) is 68.0 Å². The molecule has 0 aliphatic carbocycles. The van der Waals surface area contributed by atoms with Crippen LogP contribution < -0.4 is 5.32 Å². The Labute approximate surface area is 178 Å². The standard InChI is InChI=1S/C23H29ClN4O/c1-16-6-7-20(11-21(16)24)25-9-4-10-27-12-18-14-28(15-19(18)13-27)23(29)22-17(2)5-3-8-26-22/h3,5-8,11,18-19,25H,4,9-10,12-15H2,1-2H3. The fraction of sp³-hybridized carbons (Fsp3) is 0.478. The van der Waals surface area contributed by atoms with E-state index < -0.39 is 0 Å². The zero-order chi connectivity index (χ0) is 20.4. The lowest BCUT2D eigenvalue weighted by Gasteiger charge is -2.22. The summed E-state index contributed by atoms with van der Waals surface area (Å²) in [5.74, 6) is 1.27. The molecule has 5 nitrogen and oxygen atoms in total. The number of aryl methyl sites for hydroxylation is 2. The number of aromatic nitrogens is 1. The molecule has 2 saturated heterocycles. The lowest BCUT2D eigenvalue weighted by Crippen LogP contribution is -2.34. The lowest BCUT2D eigenvalue weighted by atomic mass is 10.0. The molecule has 2 unspecified atom stereocenters. The first-order chi connectivity index (χ1) is 14.0. The number of amides is 1. The van der Waals surface area contributed by atoms with Crippen molar-refractivity contribution in [3.8, 4) is 0 Å². The molecule has 1 aromatic heterocycles. The molecule has 0 spiro atoms. The van der Waals surface area contributed by atoms with Gasteiger partial charge in [0.15, 0.2) is 0 Å². The van der Waals surface area contributed by atoms with Gasteiger partial charge in [-0.3, -0.25) is 9.78 Å². The highest BCUT2D eigenvalue weighted by Crippen LogP contribution is 2.32. The predicted molar refractivity (Wildman–Crippen MR) is 118 cm³/mol. The van der Waals surface area contributed by atoms with E-state index in [0.29, 0.717) is 17.5 Å².